The minimum Gasteiger partial charge on any atom is -0.465 e. The van der Waals surface area contributed by atoms with Crippen LogP contribution in [-0.2, 0) is 19.1 Å². The monoisotopic (exact) mass is 366 g/mol. The van der Waals surface area contributed by atoms with Crippen molar-refractivity contribution in [2.24, 2.45) is 5.41 Å². The molecule has 0 heterocycles. The fraction of sp³-hybridized carbons (Fsp3) is 0.304. The zero-order valence-corrected chi connectivity index (χ0v) is 16.1. The third kappa shape index (κ3) is 3.95. The molecular formula is C23H26O4. The van der Waals surface area contributed by atoms with Crippen LogP contribution in [0.4, 0.5) is 0 Å². The molecule has 0 atom stereocenters. The Hall–Kier alpha value is -2.88. The fourth-order valence-corrected chi connectivity index (χ4v) is 3.39. The van der Waals surface area contributed by atoms with Gasteiger partial charge in [0.25, 0.3) is 0 Å². The lowest BCUT2D eigenvalue weighted by molar-refractivity contribution is -0.170. The summed E-state index contributed by atoms with van der Waals surface area (Å²) in [5.74, 6) is -1.90. The van der Waals surface area contributed by atoms with E-state index in [1.54, 1.807) is 20.8 Å². The van der Waals surface area contributed by atoms with Gasteiger partial charge in [-0.3, -0.25) is 9.59 Å². The number of rotatable bonds is 8. The Morgan fingerprint density at radius 1 is 0.852 bits per heavy atom. The van der Waals surface area contributed by atoms with Crippen LogP contribution in [0.25, 0.3) is 0 Å². The first-order valence-corrected chi connectivity index (χ1v) is 9.10. The molecule has 2 rings (SSSR count). The van der Waals surface area contributed by atoms with Crippen molar-refractivity contribution < 1.29 is 19.1 Å². The van der Waals surface area contributed by atoms with Crippen molar-refractivity contribution in [2.75, 3.05) is 13.2 Å². The maximum Gasteiger partial charge on any atom is 0.328 e. The summed E-state index contributed by atoms with van der Waals surface area (Å²) in [6.07, 6.45) is 0. The average Bonchev–Trinajstić information content (AvgIpc) is 2.67. The first-order valence-electron chi connectivity index (χ1n) is 9.10. The van der Waals surface area contributed by atoms with Crippen LogP contribution in [0, 0.1) is 5.41 Å². The molecular weight excluding hydrogens is 340 g/mol. The van der Waals surface area contributed by atoms with Crippen LogP contribution in [0.2, 0.25) is 0 Å². The molecule has 4 heteroatoms. The summed E-state index contributed by atoms with van der Waals surface area (Å²) >= 11 is 0. The molecule has 0 radical (unpaired) electrons. The highest BCUT2D eigenvalue weighted by Crippen LogP contribution is 2.47. The lowest BCUT2D eigenvalue weighted by Gasteiger charge is -2.37. The molecule has 27 heavy (non-hydrogen) atoms. The summed E-state index contributed by atoms with van der Waals surface area (Å²) in [7, 11) is 0. The standard InChI is InChI=1S/C23H26O4/c1-5-26-21(24)23(17(3)4,22(25)27-6-2)20(18-13-9-7-10-14-18)19-15-11-8-12-16-19/h7-16,20H,3,5-6H2,1-2,4H3. The molecule has 4 nitrogen and oxygen atoms in total. The van der Waals surface area contributed by atoms with Crippen LogP contribution < -0.4 is 0 Å². The van der Waals surface area contributed by atoms with Gasteiger partial charge in [-0.25, -0.2) is 0 Å². The van der Waals surface area contributed by atoms with Crippen LogP contribution in [-0.4, -0.2) is 25.2 Å². The maximum absolute atomic E-state index is 13.2. The first-order chi connectivity index (χ1) is 13.0. The normalized spacial score (nSPS) is 11.1. The summed E-state index contributed by atoms with van der Waals surface area (Å²) in [5, 5.41) is 0. The first kappa shape index (κ1) is 20.4. The molecule has 0 bridgehead atoms. The quantitative estimate of drug-likeness (QED) is 0.392. The van der Waals surface area contributed by atoms with Crippen LogP contribution in [0.15, 0.2) is 72.8 Å². The van der Waals surface area contributed by atoms with E-state index >= 15 is 0 Å². The average molecular weight is 366 g/mol. The Morgan fingerprint density at radius 3 is 1.52 bits per heavy atom. The second-order valence-electron chi connectivity index (χ2n) is 6.28. The molecule has 2 aromatic carbocycles. The molecule has 0 spiro atoms. The Kier molecular flexibility index (Phi) is 6.94. The van der Waals surface area contributed by atoms with Gasteiger partial charge in [-0.15, -0.1) is 0 Å². The molecule has 2 aromatic rings. The zero-order valence-electron chi connectivity index (χ0n) is 16.1. The summed E-state index contributed by atoms with van der Waals surface area (Å²) in [6.45, 7) is 9.42. The maximum atomic E-state index is 13.2. The van der Waals surface area contributed by atoms with Gasteiger partial charge in [-0.2, -0.15) is 0 Å². The summed E-state index contributed by atoms with van der Waals surface area (Å²) in [6, 6.07) is 18.9. The van der Waals surface area contributed by atoms with Crippen molar-refractivity contribution in [1.82, 2.24) is 0 Å². The van der Waals surface area contributed by atoms with Gasteiger partial charge in [0.1, 0.15) is 0 Å². The van der Waals surface area contributed by atoms with Gasteiger partial charge in [-0.05, 0) is 31.9 Å². The van der Waals surface area contributed by atoms with E-state index in [0.717, 1.165) is 11.1 Å². The highest BCUT2D eigenvalue weighted by Gasteiger charge is 2.56. The van der Waals surface area contributed by atoms with Gasteiger partial charge in [0.15, 0.2) is 5.41 Å². The smallest absolute Gasteiger partial charge is 0.328 e. The number of esters is 2. The molecule has 0 N–H and O–H groups in total. The van der Waals surface area contributed by atoms with Gasteiger partial charge in [0, 0.05) is 5.92 Å². The van der Waals surface area contributed by atoms with E-state index in [1.807, 2.05) is 60.7 Å². The molecule has 0 fully saturated rings. The lowest BCUT2D eigenvalue weighted by Crippen LogP contribution is -2.48. The number of hydrogen-bond acceptors (Lipinski definition) is 4. The van der Waals surface area contributed by atoms with Crippen molar-refractivity contribution in [2.45, 2.75) is 26.7 Å². The lowest BCUT2D eigenvalue weighted by atomic mass is 9.65. The van der Waals surface area contributed by atoms with Gasteiger partial charge in [0.2, 0.25) is 0 Å². The van der Waals surface area contributed by atoms with Crippen molar-refractivity contribution >= 4 is 11.9 Å². The van der Waals surface area contributed by atoms with E-state index in [9.17, 15) is 9.59 Å². The number of carbonyl (C=O) groups excluding carboxylic acids is 2. The number of hydrogen-bond donors (Lipinski definition) is 0. The predicted octanol–water partition coefficient (Wildman–Crippen LogP) is 4.51. The fourth-order valence-electron chi connectivity index (χ4n) is 3.39. The van der Waals surface area contributed by atoms with E-state index in [2.05, 4.69) is 6.58 Å². The molecule has 0 aliphatic rings. The van der Waals surface area contributed by atoms with Crippen LogP contribution >= 0.6 is 0 Å². The third-order valence-corrected chi connectivity index (χ3v) is 4.57. The Bertz CT molecular complexity index is 723. The largest absolute Gasteiger partial charge is 0.465 e. The molecule has 0 aliphatic heterocycles. The van der Waals surface area contributed by atoms with Gasteiger partial charge in [-0.1, -0.05) is 72.8 Å². The van der Waals surface area contributed by atoms with Crippen molar-refractivity contribution in [3.05, 3.63) is 83.9 Å². The molecule has 0 saturated carbocycles. The predicted molar refractivity (Wildman–Crippen MR) is 105 cm³/mol. The SMILES string of the molecule is C=C(C)C(C(=O)OCC)(C(=O)OCC)C(c1ccccc1)c1ccccc1. The summed E-state index contributed by atoms with van der Waals surface area (Å²) in [4.78, 5) is 26.5. The minimum atomic E-state index is -1.67. The Balaban J connectivity index is 2.82. The molecule has 0 aliphatic carbocycles. The van der Waals surface area contributed by atoms with Crippen molar-refractivity contribution in [3.63, 3.8) is 0 Å². The van der Waals surface area contributed by atoms with Crippen molar-refractivity contribution in [3.8, 4) is 0 Å². The van der Waals surface area contributed by atoms with E-state index in [1.165, 1.54) is 0 Å². The topological polar surface area (TPSA) is 52.6 Å². The Morgan fingerprint density at radius 2 is 1.22 bits per heavy atom. The number of carbonyl (C=O) groups is 2. The van der Waals surface area contributed by atoms with Gasteiger partial charge in [0.05, 0.1) is 13.2 Å². The zero-order chi connectivity index (χ0) is 19.9. The highest BCUT2D eigenvalue weighted by molar-refractivity contribution is 6.05. The molecule has 0 unspecified atom stereocenters. The molecule has 0 saturated heterocycles. The van der Waals surface area contributed by atoms with Crippen LogP contribution in [0.5, 0.6) is 0 Å². The molecule has 0 aromatic heterocycles. The van der Waals surface area contributed by atoms with Crippen molar-refractivity contribution in [1.29, 1.82) is 0 Å². The summed E-state index contributed by atoms with van der Waals surface area (Å²) < 4.78 is 10.7. The number of ether oxygens (including phenoxy) is 2. The highest BCUT2D eigenvalue weighted by atomic mass is 16.6. The van der Waals surface area contributed by atoms with Gasteiger partial charge >= 0.3 is 11.9 Å². The second-order valence-corrected chi connectivity index (χ2v) is 6.28. The van der Waals surface area contributed by atoms with Gasteiger partial charge < -0.3 is 9.47 Å². The number of benzene rings is 2. The van der Waals surface area contributed by atoms with E-state index in [-0.39, 0.29) is 13.2 Å². The Labute approximate surface area is 160 Å². The molecule has 142 valence electrons. The van der Waals surface area contributed by atoms with Crippen LogP contribution in [0.3, 0.4) is 0 Å². The minimum absolute atomic E-state index is 0.156. The van der Waals surface area contributed by atoms with E-state index in [0.29, 0.717) is 5.57 Å². The van der Waals surface area contributed by atoms with E-state index < -0.39 is 23.3 Å². The van der Waals surface area contributed by atoms with Crippen LogP contribution in [0.1, 0.15) is 37.8 Å². The second kappa shape index (κ2) is 9.17. The van der Waals surface area contributed by atoms with E-state index in [4.69, 9.17) is 9.47 Å². The molecule has 0 amide bonds. The summed E-state index contributed by atoms with van der Waals surface area (Å²) in [5.41, 5.74) is 0.340. The third-order valence-electron chi connectivity index (χ3n) is 4.57.